The zero-order chi connectivity index (χ0) is 23.9. The maximum absolute atomic E-state index is 6.09. The van der Waals surface area contributed by atoms with E-state index in [1.807, 2.05) is 84.9 Å². The van der Waals surface area contributed by atoms with E-state index in [2.05, 4.69) is 41.2 Å². The molecule has 0 saturated heterocycles. The molecule has 5 aromatic rings. The number of nitrogens with one attached hydrogen (secondary N) is 4. The first-order valence-corrected chi connectivity index (χ1v) is 11.5. The minimum Gasteiger partial charge on any atom is -0.383 e. The van der Waals surface area contributed by atoms with E-state index < -0.39 is 0 Å². The summed E-state index contributed by atoms with van der Waals surface area (Å²) in [5.41, 5.74) is 3.62. The summed E-state index contributed by atoms with van der Waals surface area (Å²) in [5.74, 6) is 1.35. The summed E-state index contributed by atoms with van der Waals surface area (Å²) in [7, 11) is 0. The van der Waals surface area contributed by atoms with E-state index in [-0.39, 0.29) is 0 Å². The smallest absolute Gasteiger partial charge is 0.233 e. The van der Waals surface area contributed by atoms with Crippen LogP contribution in [0.5, 0.6) is 0 Å². The van der Waals surface area contributed by atoms with Gasteiger partial charge in [-0.1, -0.05) is 48.0 Å². The van der Waals surface area contributed by atoms with Gasteiger partial charge in [-0.3, -0.25) is 4.98 Å². The van der Waals surface area contributed by atoms with Gasteiger partial charge in [0.15, 0.2) is 0 Å². The molecule has 4 N–H and O–H groups in total. The summed E-state index contributed by atoms with van der Waals surface area (Å²) in [4.78, 5) is 18.0. The average molecular weight is 483 g/mol. The van der Waals surface area contributed by atoms with Gasteiger partial charge in [0.05, 0.1) is 5.52 Å². The number of nitrogens with zero attached hydrogens (tertiary/aromatic N) is 4. The summed E-state index contributed by atoms with van der Waals surface area (Å²) in [6.45, 7) is 1.24. The molecule has 0 fully saturated rings. The van der Waals surface area contributed by atoms with Crippen LogP contribution in [0.4, 0.5) is 34.9 Å². The van der Waals surface area contributed by atoms with Crippen molar-refractivity contribution in [3.05, 3.63) is 96.1 Å². The fourth-order valence-corrected chi connectivity index (χ4v) is 3.68. The van der Waals surface area contributed by atoms with Crippen molar-refractivity contribution < 1.29 is 0 Å². The molecule has 0 saturated carbocycles. The second-order valence-corrected chi connectivity index (χ2v) is 8.10. The van der Waals surface area contributed by atoms with Gasteiger partial charge in [-0.2, -0.15) is 15.0 Å². The second-order valence-electron chi connectivity index (χ2n) is 7.66. The van der Waals surface area contributed by atoms with Crippen molar-refractivity contribution in [2.45, 2.75) is 0 Å². The molecule has 0 radical (unpaired) electrons. The van der Waals surface area contributed by atoms with Gasteiger partial charge >= 0.3 is 0 Å². The molecule has 0 atom stereocenters. The highest BCUT2D eigenvalue weighted by Crippen LogP contribution is 2.24. The fraction of sp³-hybridized carbons (Fsp3) is 0.0769. The highest BCUT2D eigenvalue weighted by atomic mass is 35.5. The van der Waals surface area contributed by atoms with Gasteiger partial charge in [-0.15, -0.1) is 0 Å². The first-order valence-electron chi connectivity index (χ1n) is 11.2. The van der Waals surface area contributed by atoms with Crippen LogP contribution >= 0.6 is 11.6 Å². The lowest BCUT2D eigenvalue weighted by molar-refractivity contribution is 0.999. The molecule has 0 spiro atoms. The Morgan fingerprint density at radius 3 is 1.89 bits per heavy atom. The van der Waals surface area contributed by atoms with Crippen molar-refractivity contribution in [2.24, 2.45) is 0 Å². The minimum absolute atomic E-state index is 0.442. The van der Waals surface area contributed by atoms with Gasteiger partial charge in [0, 0.05) is 46.8 Å². The van der Waals surface area contributed by atoms with E-state index in [4.69, 9.17) is 11.6 Å². The van der Waals surface area contributed by atoms with Crippen LogP contribution in [-0.2, 0) is 0 Å². The van der Waals surface area contributed by atoms with Crippen molar-refractivity contribution >= 4 is 57.4 Å². The predicted octanol–water partition coefficient (Wildman–Crippen LogP) is 6.08. The first-order chi connectivity index (χ1) is 17.2. The molecule has 174 valence electrons. The van der Waals surface area contributed by atoms with Crippen LogP contribution < -0.4 is 21.3 Å². The van der Waals surface area contributed by atoms with Crippen molar-refractivity contribution in [2.75, 3.05) is 34.4 Å². The molecular formula is C26H23ClN8. The number of para-hydroxylation sites is 2. The van der Waals surface area contributed by atoms with Crippen molar-refractivity contribution in [1.82, 2.24) is 19.9 Å². The number of benzene rings is 3. The molecule has 0 unspecified atom stereocenters. The molecule has 3 aromatic carbocycles. The van der Waals surface area contributed by atoms with Gasteiger partial charge < -0.3 is 21.3 Å². The summed E-state index contributed by atoms with van der Waals surface area (Å²) in [6, 6.07) is 27.2. The van der Waals surface area contributed by atoms with Crippen molar-refractivity contribution in [3.8, 4) is 0 Å². The van der Waals surface area contributed by atoms with E-state index in [9.17, 15) is 0 Å². The lowest BCUT2D eigenvalue weighted by Gasteiger charge is -2.13. The van der Waals surface area contributed by atoms with Crippen molar-refractivity contribution in [3.63, 3.8) is 0 Å². The molecule has 2 aromatic heterocycles. The molecule has 2 heterocycles. The lowest BCUT2D eigenvalue weighted by Crippen LogP contribution is -2.16. The molecular weight excluding hydrogens is 460 g/mol. The maximum Gasteiger partial charge on any atom is 0.233 e. The molecule has 0 bridgehead atoms. The summed E-state index contributed by atoms with van der Waals surface area (Å²) in [5, 5.41) is 14.9. The maximum atomic E-state index is 6.09. The minimum atomic E-state index is 0.442. The van der Waals surface area contributed by atoms with Gasteiger partial charge in [-0.25, -0.2) is 0 Å². The van der Waals surface area contributed by atoms with E-state index in [1.54, 1.807) is 6.20 Å². The highest BCUT2D eigenvalue weighted by molar-refractivity contribution is 6.31. The Hall–Kier alpha value is -4.43. The Morgan fingerprint density at radius 2 is 1.23 bits per heavy atom. The highest BCUT2D eigenvalue weighted by Gasteiger charge is 2.08. The monoisotopic (exact) mass is 482 g/mol. The van der Waals surface area contributed by atoms with Gasteiger partial charge in [0.1, 0.15) is 0 Å². The number of halogens is 1. The number of pyridine rings is 1. The van der Waals surface area contributed by atoms with Crippen molar-refractivity contribution in [1.29, 1.82) is 0 Å². The molecule has 5 rings (SSSR count). The molecule has 0 aliphatic carbocycles. The quantitative estimate of drug-likeness (QED) is 0.187. The second kappa shape index (κ2) is 10.7. The van der Waals surface area contributed by atoms with E-state index in [0.717, 1.165) is 28.0 Å². The summed E-state index contributed by atoms with van der Waals surface area (Å²) >= 11 is 6.09. The number of rotatable bonds is 9. The number of anilines is 6. The summed E-state index contributed by atoms with van der Waals surface area (Å²) in [6.07, 6.45) is 1.77. The molecule has 0 aliphatic rings. The third-order valence-corrected chi connectivity index (χ3v) is 5.36. The Bertz CT molecular complexity index is 1350. The van der Waals surface area contributed by atoms with Gasteiger partial charge in [-0.05, 0) is 48.5 Å². The van der Waals surface area contributed by atoms with Crippen LogP contribution in [0.3, 0.4) is 0 Å². The molecule has 0 amide bonds. The Balaban J connectivity index is 1.29. The number of fused-ring (bicyclic) bond motifs is 1. The third kappa shape index (κ3) is 5.93. The van der Waals surface area contributed by atoms with E-state index >= 15 is 0 Å². The summed E-state index contributed by atoms with van der Waals surface area (Å²) < 4.78 is 0. The van der Waals surface area contributed by atoms with Crippen LogP contribution in [0.25, 0.3) is 10.9 Å². The predicted molar refractivity (Wildman–Crippen MR) is 143 cm³/mol. The Kier molecular flexibility index (Phi) is 6.82. The van der Waals surface area contributed by atoms with Crippen LogP contribution in [-0.4, -0.2) is 33.0 Å². The first kappa shape index (κ1) is 22.4. The van der Waals surface area contributed by atoms with Gasteiger partial charge in [0.25, 0.3) is 0 Å². The number of hydrogen-bond donors (Lipinski definition) is 4. The molecule has 0 aliphatic heterocycles. The molecule has 35 heavy (non-hydrogen) atoms. The molecule has 8 nitrogen and oxygen atoms in total. The largest absolute Gasteiger partial charge is 0.383 e. The zero-order valence-corrected chi connectivity index (χ0v) is 19.5. The fourth-order valence-electron chi connectivity index (χ4n) is 3.51. The topological polar surface area (TPSA) is 99.7 Å². The number of hydrogen-bond acceptors (Lipinski definition) is 8. The van der Waals surface area contributed by atoms with Crippen LogP contribution in [0.2, 0.25) is 5.02 Å². The Morgan fingerprint density at radius 1 is 0.629 bits per heavy atom. The van der Waals surface area contributed by atoms with Crippen LogP contribution in [0.1, 0.15) is 0 Å². The normalized spacial score (nSPS) is 10.7. The lowest BCUT2D eigenvalue weighted by atomic mass is 10.2. The van der Waals surface area contributed by atoms with E-state index in [1.165, 1.54) is 0 Å². The van der Waals surface area contributed by atoms with E-state index in [0.29, 0.717) is 36.0 Å². The number of aromatic nitrogens is 4. The molecule has 9 heteroatoms. The third-order valence-electron chi connectivity index (χ3n) is 5.12. The van der Waals surface area contributed by atoms with Crippen LogP contribution in [0, 0.1) is 0 Å². The SMILES string of the molecule is Clc1ccc2c(NCCNc3nc(Nc4ccccc4)nc(Nc4ccccc4)n3)ccnc2c1. The van der Waals surface area contributed by atoms with Crippen LogP contribution in [0.15, 0.2) is 91.1 Å². The zero-order valence-electron chi connectivity index (χ0n) is 18.7. The Labute approximate surface area is 207 Å². The standard InChI is InChI=1S/C26H23ClN8/c27-18-11-12-21-22(13-14-28-23(21)17-18)29-15-16-30-24-33-25(31-19-7-3-1-4-8-19)35-26(34-24)32-20-9-5-2-6-10-20/h1-14,17H,15-16H2,(H,28,29)(H3,30,31,32,33,34,35). The van der Waals surface area contributed by atoms with Gasteiger partial charge in [0.2, 0.25) is 17.8 Å². The average Bonchev–Trinajstić information content (AvgIpc) is 2.87.